The van der Waals surface area contributed by atoms with Crippen LogP contribution in [-0.4, -0.2) is 24.1 Å². The highest BCUT2D eigenvalue weighted by Gasteiger charge is 2.14. The summed E-state index contributed by atoms with van der Waals surface area (Å²) in [4.78, 5) is 12.2. The van der Waals surface area contributed by atoms with Gasteiger partial charge in [0.2, 0.25) is 6.79 Å². The topological polar surface area (TPSA) is 38.8 Å². The van der Waals surface area contributed by atoms with Crippen molar-refractivity contribution >= 4 is 17.0 Å². The second-order valence-corrected chi connectivity index (χ2v) is 3.62. The SMILES string of the molecule is CN(Cc1ccc2c(c1)OCO2)C(=O)Cl. The van der Waals surface area contributed by atoms with Crippen LogP contribution in [-0.2, 0) is 6.54 Å². The van der Waals surface area contributed by atoms with Crippen molar-refractivity contribution in [1.29, 1.82) is 0 Å². The van der Waals surface area contributed by atoms with Gasteiger partial charge in [-0.3, -0.25) is 4.79 Å². The fourth-order valence-electron chi connectivity index (χ4n) is 1.38. The van der Waals surface area contributed by atoms with Crippen molar-refractivity contribution in [3.8, 4) is 11.5 Å². The minimum Gasteiger partial charge on any atom is -0.454 e. The zero-order valence-corrected chi connectivity index (χ0v) is 8.95. The summed E-state index contributed by atoms with van der Waals surface area (Å²) in [5, 5.41) is -0.479. The van der Waals surface area contributed by atoms with Crippen molar-refractivity contribution in [2.75, 3.05) is 13.8 Å². The molecule has 0 spiro atoms. The smallest absolute Gasteiger partial charge is 0.316 e. The summed E-state index contributed by atoms with van der Waals surface area (Å²) in [6.45, 7) is 0.710. The van der Waals surface area contributed by atoms with Crippen molar-refractivity contribution in [3.63, 3.8) is 0 Å². The first-order valence-electron chi connectivity index (χ1n) is 4.46. The Labute approximate surface area is 92.3 Å². The Morgan fingerprint density at radius 1 is 1.47 bits per heavy atom. The van der Waals surface area contributed by atoms with Crippen LogP contribution in [0.25, 0.3) is 0 Å². The molecule has 1 amide bonds. The lowest BCUT2D eigenvalue weighted by Gasteiger charge is -2.13. The van der Waals surface area contributed by atoms with Gasteiger partial charge in [-0.05, 0) is 29.3 Å². The third-order valence-electron chi connectivity index (χ3n) is 2.16. The highest BCUT2D eigenvalue weighted by Crippen LogP contribution is 2.32. The number of carbonyl (C=O) groups is 1. The number of carbonyl (C=O) groups excluding carboxylic acids is 1. The molecule has 1 heterocycles. The summed E-state index contributed by atoms with van der Waals surface area (Å²) < 4.78 is 10.4. The standard InChI is InChI=1S/C10H10ClNO3/c1-12(10(11)13)5-7-2-3-8-9(4-7)15-6-14-8/h2-4H,5-6H2,1H3. The van der Waals surface area contributed by atoms with Crippen molar-refractivity contribution in [1.82, 2.24) is 4.90 Å². The molecule has 2 rings (SSSR count). The molecule has 80 valence electrons. The summed E-state index contributed by atoms with van der Waals surface area (Å²) >= 11 is 5.33. The lowest BCUT2D eigenvalue weighted by Crippen LogP contribution is -2.19. The summed E-state index contributed by atoms with van der Waals surface area (Å²) in [5.74, 6) is 1.45. The minimum atomic E-state index is -0.479. The van der Waals surface area contributed by atoms with E-state index >= 15 is 0 Å². The van der Waals surface area contributed by atoms with Gasteiger partial charge < -0.3 is 14.4 Å². The number of rotatable bonds is 2. The Hall–Kier alpha value is -1.42. The van der Waals surface area contributed by atoms with Gasteiger partial charge in [-0.1, -0.05) is 6.07 Å². The van der Waals surface area contributed by atoms with Gasteiger partial charge in [0.05, 0.1) is 0 Å². The molecule has 0 N–H and O–H groups in total. The van der Waals surface area contributed by atoms with Crippen LogP contribution in [0, 0.1) is 0 Å². The van der Waals surface area contributed by atoms with Gasteiger partial charge in [0.15, 0.2) is 11.5 Å². The molecule has 0 saturated heterocycles. The lowest BCUT2D eigenvalue weighted by molar-refractivity contribution is 0.174. The molecule has 1 aromatic rings. The van der Waals surface area contributed by atoms with Crippen molar-refractivity contribution < 1.29 is 14.3 Å². The first kappa shape index (κ1) is 10.1. The van der Waals surface area contributed by atoms with Gasteiger partial charge in [0.1, 0.15) is 0 Å². The molecule has 0 fully saturated rings. The number of benzene rings is 1. The molecule has 1 aliphatic heterocycles. The van der Waals surface area contributed by atoms with Gasteiger partial charge in [-0.15, -0.1) is 0 Å². The number of fused-ring (bicyclic) bond motifs is 1. The third kappa shape index (κ3) is 2.15. The molecule has 0 saturated carbocycles. The largest absolute Gasteiger partial charge is 0.454 e. The summed E-state index contributed by atoms with van der Waals surface area (Å²) in [7, 11) is 1.64. The number of hydrogen-bond donors (Lipinski definition) is 0. The summed E-state index contributed by atoms with van der Waals surface area (Å²) in [5.41, 5.74) is 0.954. The fourth-order valence-corrected chi connectivity index (χ4v) is 1.44. The van der Waals surface area contributed by atoms with Crippen LogP contribution in [0.4, 0.5) is 4.79 Å². The van der Waals surface area contributed by atoms with Crippen LogP contribution >= 0.6 is 11.6 Å². The average molecular weight is 228 g/mol. The number of amides is 1. The molecule has 0 radical (unpaired) electrons. The molecule has 0 atom stereocenters. The highest BCUT2D eigenvalue weighted by molar-refractivity contribution is 6.62. The molecule has 15 heavy (non-hydrogen) atoms. The summed E-state index contributed by atoms with van der Waals surface area (Å²) in [6.07, 6.45) is 0. The molecule has 4 nitrogen and oxygen atoms in total. The molecule has 0 bridgehead atoms. The van der Waals surface area contributed by atoms with Crippen LogP contribution in [0.15, 0.2) is 18.2 Å². The van der Waals surface area contributed by atoms with E-state index in [1.807, 2.05) is 18.2 Å². The monoisotopic (exact) mass is 227 g/mol. The van der Waals surface area contributed by atoms with Crippen LogP contribution in [0.3, 0.4) is 0 Å². The Bertz CT molecular complexity index is 394. The van der Waals surface area contributed by atoms with E-state index < -0.39 is 5.37 Å². The molecule has 5 heteroatoms. The van der Waals surface area contributed by atoms with E-state index in [4.69, 9.17) is 21.1 Å². The minimum absolute atomic E-state index is 0.253. The van der Waals surface area contributed by atoms with E-state index in [0.29, 0.717) is 12.3 Å². The maximum atomic E-state index is 10.8. The Morgan fingerprint density at radius 3 is 2.93 bits per heavy atom. The Kier molecular flexibility index (Phi) is 2.68. The van der Waals surface area contributed by atoms with E-state index in [0.717, 1.165) is 11.3 Å². The first-order chi connectivity index (χ1) is 7.16. The average Bonchev–Trinajstić information content (AvgIpc) is 2.64. The van der Waals surface area contributed by atoms with Crippen LogP contribution in [0.5, 0.6) is 11.5 Å². The number of hydrogen-bond acceptors (Lipinski definition) is 3. The van der Waals surface area contributed by atoms with Crippen molar-refractivity contribution in [2.45, 2.75) is 6.54 Å². The molecular weight excluding hydrogens is 218 g/mol. The molecular formula is C10H10ClNO3. The quantitative estimate of drug-likeness (QED) is 0.574. The molecule has 0 aromatic heterocycles. The molecule has 0 unspecified atom stereocenters. The van der Waals surface area contributed by atoms with Crippen LogP contribution in [0.2, 0.25) is 0 Å². The molecule has 1 aromatic carbocycles. The van der Waals surface area contributed by atoms with Gasteiger partial charge in [0, 0.05) is 13.6 Å². The van der Waals surface area contributed by atoms with Crippen LogP contribution < -0.4 is 9.47 Å². The van der Waals surface area contributed by atoms with Gasteiger partial charge in [-0.25, -0.2) is 0 Å². The van der Waals surface area contributed by atoms with E-state index in [1.54, 1.807) is 7.05 Å². The van der Waals surface area contributed by atoms with E-state index in [-0.39, 0.29) is 6.79 Å². The van der Waals surface area contributed by atoms with E-state index in [2.05, 4.69) is 0 Å². The maximum absolute atomic E-state index is 10.8. The zero-order valence-electron chi connectivity index (χ0n) is 8.20. The van der Waals surface area contributed by atoms with Crippen LogP contribution in [0.1, 0.15) is 5.56 Å². The number of ether oxygens (including phenoxy) is 2. The van der Waals surface area contributed by atoms with Gasteiger partial charge >= 0.3 is 5.37 Å². The van der Waals surface area contributed by atoms with Gasteiger partial charge in [0.25, 0.3) is 0 Å². The maximum Gasteiger partial charge on any atom is 0.316 e. The first-order valence-corrected chi connectivity index (χ1v) is 4.84. The molecule has 1 aliphatic rings. The van der Waals surface area contributed by atoms with Gasteiger partial charge in [-0.2, -0.15) is 0 Å². The van der Waals surface area contributed by atoms with Crippen molar-refractivity contribution in [2.24, 2.45) is 0 Å². The Morgan fingerprint density at radius 2 is 2.20 bits per heavy atom. The fraction of sp³-hybridized carbons (Fsp3) is 0.300. The Balaban J connectivity index is 2.13. The third-order valence-corrected chi connectivity index (χ3v) is 2.45. The normalized spacial score (nSPS) is 12.7. The second kappa shape index (κ2) is 3.98. The second-order valence-electron chi connectivity index (χ2n) is 3.30. The predicted octanol–water partition coefficient (Wildman–Crippen LogP) is 2.21. The zero-order chi connectivity index (χ0) is 10.8. The van der Waals surface area contributed by atoms with Crippen molar-refractivity contribution in [3.05, 3.63) is 23.8 Å². The number of halogens is 1. The predicted molar refractivity (Wildman–Crippen MR) is 55.3 cm³/mol. The molecule has 0 aliphatic carbocycles. The summed E-state index contributed by atoms with van der Waals surface area (Å²) in [6, 6.07) is 5.55. The highest BCUT2D eigenvalue weighted by atomic mass is 35.5. The van der Waals surface area contributed by atoms with E-state index in [1.165, 1.54) is 4.90 Å². The van der Waals surface area contributed by atoms with E-state index in [9.17, 15) is 4.79 Å². The lowest BCUT2D eigenvalue weighted by atomic mass is 10.2. The number of nitrogens with zero attached hydrogens (tertiary/aromatic N) is 1.